The Morgan fingerprint density at radius 1 is 1.00 bits per heavy atom. The molecule has 11 heteroatoms. The highest BCUT2D eigenvalue weighted by Crippen LogP contribution is 2.42. The molecule has 0 saturated carbocycles. The van der Waals surface area contributed by atoms with Crippen LogP contribution in [0.2, 0.25) is 0 Å². The molecule has 152 valence electrons. The fraction of sp³-hybridized carbons (Fsp3) is 1.00. The Morgan fingerprint density at radius 2 is 1.56 bits per heavy atom. The summed E-state index contributed by atoms with van der Waals surface area (Å²) in [5.41, 5.74) is 3.82. The average molecular weight is 401 g/mol. The van der Waals surface area contributed by atoms with Crippen molar-refractivity contribution in [2.24, 2.45) is 0 Å². The lowest BCUT2D eigenvalue weighted by Gasteiger charge is -2.25. The molecule has 0 spiro atoms. The van der Waals surface area contributed by atoms with Gasteiger partial charge in [0.2, 0.25) is 0 Å². The molecule has 0 aromatic heterocycles. The van der Waals surface area contributed by atoms with E-state index in [0.29, 0.717) is 19.4 Å². The molecule has 0 bridgehead atoms. The Bertz CT molecular complexity index is 515. The monoisotopic (exact) mass is 401 g/mol. The van der Waals surface area contributed by atoms with Crippen LogP contribution in [0.1, 0.15) is 40.5 Å². The van der Waals surface area contributed by atoms with E-state index in [4.69, 9.17) is 48.8 Å². The average Bonchev–Trinajstić information content (AvgIpc) is 3.04. The first-order valence-electron chi connectivity index (χ1n) is 9.46. The van der Waals surface area contributed by atoms with E-state index in [1.54, 1.807) is 0 Å². The highest BCUT2D eigenvalue weighted by atomic mass is 31.2. The van der Waals surface area contributed by atoms with Gasteiger partial charge < -0.3 is 18.9 Å². The predicted octanol–water partition coefficient (Wildman–Crippen LogP) is 0.941. The summed E-state index contributed by atoms with van der Waals surface area (Å²) >= 11 is 0. The van der Waals surface area contributed by atoms with Gasteiger partial charge >= 0.3 is 7.66 Å². The third-order valence-electron chi connectivity index (χ3n) is 4.25. The molecular formula is C16H32B2N2O6P+. The van der Waals surface area contributed by atoms with Gasteiger partial charge in [0.1, 0.15) is 34.0 Å². The molecule has 2 saturated heterocycles. The van der Waals surface area contributed by atoms with Gasteiger partial charge in [-0.25, -0.2) is 5.16 Å². The maximum atomic E-state index is 8.38. The van der Waals surface area contributed by atoms with E-state index in [-0.39, 0.29) is 37.1 Å². The van der Waals surface area contributed by atoms with Gasteiger partial charge in [0.15, 0.2) is 0 Å². The second kappa shape index (κ2) is 10.2. The molecule has 27 heavy (non-hydrogen) atoms. The molecule has 0 amide bonds. The fourth-order valence-corrected chi connectivity index (χ4v) is 4.23. The standard InChI is InChI=1S/C16H31B2N2O6P/c1-9(2)21-7-13-12(6-16(18)24-13)26-27(19,20)22-8-14-11(23-10(3)4)5-15(17)25-14/h9-16H,5-8H2,1-4H3,(H3,19,20)/p+1/t11-,12-,13-,14-,15-,16-/m1/s1. The lowest BCUT2D eigenvalue weighted by Crippen LogP contribution is -2.48. The van der Waals surface area contributed by atoms with Crippen LogP contribution in [0.25, 0.3) is 0 Å². The van der Waals surface area contributed by atoms with Crippen LogP contribution in [-0.4, -0.2) is 77.5 Å². The van der Waals surface area contributed by atoms with Crippen molar-refractivity contribution in [1.82, 2.24) is 0 Å². The second-order valence-electron chi connectivity index (χ2n) is 7.62. The minimum absolute atomic E-state index is 0.0526. The van der Waals surface area contributed by atoms with Crippen LogP contribution >= 0.6 is 7.66 Å². The Labute approximate surface area is 165 Å². The van der Waals surface area contributed by atoms with Crippen molar-refractivity contribution in [1.29, 1.82) is 5.16 Å². The normalized spacial score (nSPS) is 36.6. The first-order valence-corrected chi connectivity index (χ1v) is 11.3. The summed E-state index contributed by atoms with van der Waals surface area (Å²) in [6.45, 7) is 8.28. The third kappa shape index (κ3) is 7.78. The summed E-state index contributed by atoms with van der Waals surface area (Å²) < 4.78 is 34.3. The van der Waals surface area contributed by atoms with E-state index in [9.17, 15) is 0 Å². The predicted molar refractivity (Wildman–Crippen MR) is 103 cm³/mol. The van der Waals surface area contributed by atoms with Crippen LogP contribution in [-0.2, 0) is 28.0 Å². The summed E-state index contributed by atoms with van der Waals surface area (Å²) in [6.07, 6.45) is -0.0726. The number of rotatable bonds is 10. The minimum atomic E-state index is -3.10. The molecule has 4 N–H and O–H groups in total. The molecule has 2 aliphatic heterocycles. The van der Waals surface area contributed by atoms with Gasteiger partial charge in [0.05, 0.1) is 31.5 Å². The highest BCUT2D eigenvalue weighted by molar-refractivity contribution is 7.47. The lowest BCUT2D eigenvalue weighted by atomic mass is 9.96. The van der Waals surface area contributed by atoms with Crippen LogP contribution in [0, 0.1) is 5.16 Å². The van der Waals surface area contributed by atoms with Crippen molar-refractivity contribution in [2.75, 3.05) is 13.2 Å². The molecule has 1 unspecified atom stereocenters. The van der Waals surface area contributed by atoms with Crippen molar-refractivity contribution in [3.05, 3.63) is 0 Å². The zero-order valence-corrected chi connectivity index (χ0v) is 17.6. The number of nitrogens with one attached hydrogen (secondary N) is 1. The van der Waals surface area contributed by atoms with Crippen LogP contribution in [0.5, 0.6) is 0 Å². The van der Waals surface area contributed by atoms with Gasteiger partial charge in [-0.2, -0.15) is 0 Å². The smallest absolute Gasteiger partial charge is 0.380 e. The summed E-state index contributed by atoms with van der Waals surface area (Å²) in [4.78, 5) is 0. The van der Waals surface area contributed by atoms with E-state index in [1.165, 1.54) is 0 Å². The van der Waals surface area contributed by atoms with Crippen LogP contribution in [0.3, 0.4) is 0 Å². The van der Waals surface area contributed by atoms with Crippen molar-refractivity contribution in [3.63, 3.8) is 0 Å². The van der Waals surface area contributed by atoms with Crippen LogP contribution in [0.4, 0.5) is 0 Å². The van der Waals surface area contributed by atoms with Crippen molar-refractivity contribution >= 4 is 23.4 Å². The Morgan fingerprint density at radius 3 is 2.11 bits per heavy atom. The molecule has 2 fully saturated rings. The molecule has 2 rings (SSSR count). The maximum Gasteiger partial charge on any atom is 0.407 e. The minimum Gasteiger partial charge on any atom is -0.380 e. The largest absolute Gasteiger partial charge is 0.407 e. The van der Waals surface area contributed by atoms with Gasteiger partial charge in [-0.1, -0.05) is 0 Å². The Kier molecular flexibility index (Phi) is 8.84. The van der Waals surface area contributed by atoms with Gasteiger partial charge in [-0.05, 0) is 40.5 Å². The second-order valence-corrected chi connectivity index (χ2v) is 9.43. The Hall–Kier alpha value is 0.0799. The van der Waals surface area contributed by atoms with Gasteiger partial charge in [0, 0.05) is 12.0 Å². The number of quaternary nitrogens is 1. The summed E-state index contributed by atoms with van der Waals surface area (Å²) in [5.74, 6) is 0. The Balaban J connectivity index is 1.87. The maximum absolute atomic E-state index is 8.38. The quantitative estimate of drug-likeness (QED) is 0.417. The summed E-state index contributed by atoms with van der Waals surface area (Å²) in [7, 11) is 8.64. The molecule has 0 aliphatic carbocycles. The van der Waals surface area contributed by atoms with E-state index in [2.05, 4.69) is 5.50 Å². The molecular weight excluding hydrogens is 369 g/mol. The molecule has 0 aromatic rings. The highest BCUT2D eigenvalue weighted by Gasteiger charge is 2.40. The van der Waals surface area contributed by atoms with E-state index in [1.807, 2.05) is 27.7 Å². The van der Waals surface area contributed by atoms with E-state index < -0.39 is 25.8 Å². The van der Waals surface area contributed by atoms with Crippen molar-refractivity contribution < 1.29 is 33.5 Å². The summed E-state index contributed by atoms with van der Waals surface area (Å²) in [6, 6.07) is -0.846. The molecule has 2 aliphatic rings. The van der Waals surface area contributed by atoms with E-state index in [0.717, 1.165) is 0 Å². The number of hydrogen-bond acceptors (Lipinski definition) is 7. The topological polar surface area (TPSA) is 107 Å². The number of hydrogen-bond donors (Lipinski definition) is 2. The molecule has 2 heterocycles. The third-order valence-corrected chi connectivity index (χ3v) is 5.43. The molecule has 0 aromatic carbocycles. The van der Waals surface area contributed by atoms with Gasteiger partial charge in [-0.15, -0.1) is 0 Å². The SMILES string of the molecule is [B][C@H]1C[C@@H](OC(C)C)[C@@H](COP(=N)([NH3+])O[C@@H]2C[C@H]([B])O[C@@H]2COC(C)C)O1. The van der Waals surface area contributed by atoms with Crippen LogP contribution in [0.15, 0.2) is 0 Å². The zero-order chi connectivity index (χ0) is 20.2. The van der Waals surface area contributed by atoms with Gasteiger partial charge in [-0.3, -0.25) is 14.6 Å². The molecule has 4 radical (unpaired) electrons. The summed E-state index contributed by atoms with van der Waals surface area (Å²) in [5, 5.41) is 8.38. The van der Waals surface area contributed by atoms with Crippen molar-refractivity contribution in [2.45, 2.75) is 89.2 Å². The van der Waals surface area contributed by atoms with Gasteiger partial charge in [0.25, 0.3) is 0 Å². The van der Waals surface area contributed by atoms with E-state index >= 15 is 0 Å². The fourth-order valence-electron chi connectivity index (χ4n) is 3.12. The first kappa shape index (κ1) is 23.4. The molecule has 7 atom stereocenters. The van der Waals surface area contributed by atoms with Crippen molar-refractivity contribution in [3.8, 4) is 0 Å². The first-order chi connectivity index (χ1) is 12.6. The van der Waals surface area contributed by atoms with Crippen LogP contribution < -0.4 is 5.50 Å². The molecule has 8 nitrogen and oxygen atoms in total. The lowest BCUT2D eigenvalue weighted by molar-refractivity contribution is -0.222. The number of ether oxygens (including phenoxy) is 4. The zero-order valence-electron chi connectivity index (χ0n) is 16.7.